The van der Waals surface area contributed by atoms with E-state index >= 15 is 0 Å². The van der Waals surface area contributed by atoms with Gasteiger partial charge in [-0.3, -0.25) is 4.40 Å². The van der Waals surface area contributed by atoms with Crippen molar-refractivity contribution in [2.75, 3.05) is 0 Å². The Kier molecular flexibility index (Phi) is 1.92. The normalized spacial score (nSPS) is 12.3. The number of hydrogen-bond acceptors (Lipinski definition) is 1. The Morgan fingerprint density at radius 2 is 2.00 bits per heavy atom. The highest BCUT2D eigenvalue weighted by Crippen LogP contribution is 2.30. The van der Waals surface area contributed by atoms with Gasteiger partial charge >= 0.3 is 6.18 Å². The summed E-state index contributed by atoms with van der Waals surface area (Å²) >= 11 is 5.58. The third kappa shape index (κ3) is 1.43. The van der Waals surface area contributed by atoms with Crippen molar-refractivity contribution in [1.29, 1.82) is 0 Å². The molecule has 0 N–H and O–H groups in total. The highest BCUT2D eigenvalue weighted by Gasteiger charge is 2.34. The van der Waals surface area contributed by atoms with Gasteiger partial charge in [0.1, 0.15) is 11.3 Å². The zero-order valence-electron chi connectivity index (χ0n) is 6.72. The molecule has 14 heavy (non-hydrogen) atoms. The SMILES string of the molecule is FC(F)(F)c1cnc2ccc(Cl)cn12. The summed E-state index contributed by atoms with van der Waals surface area (Å²) in [5, 5.41) is 0.237. The summed E-state index contributed by atoms with van der Waals surface area (Å²) in [4.78, 5) is 3.61. The predicted octanol–water partition coefficient (Wildman–Crippen LogP) is 3.01. The summed E-state index contributed by atoms with van der Waals surface area (Å²) < 4.78 is 38.1. The van der Waals surface area contributed by atoms with Crippen LogP contribution in [0.1, 0.15) is 5.69 Å². The van der Waals surface area contributed by atoms with Crippen LogP contribution in [0.15, 0.2) is 24.5 Å². The molecule has 2 nitrogen and oxygen atoms in total. The van der Waals surface area contributed by atoms with E-state index in [-0.39, 0.29) is 10.7 Å². The molecule has 0 aliphatic carbocycles. The molecule has 0 spiro atoms. The molecule has 2 aromatic rings. The first-order valence-electron chi connectivity index (χ1n) is 3.68. The maximum absolute atomic E-state index is 12.4. The minimum atomic E-state index is -4.41. The van der Waals surface area contributed by atoms with Gasteiger partial charge in [-0.2, -0.15) is 13.2 Å². The minimum absolute atomic E-state index is 0.224. The number of nitrogens with zero attached hydrogens (tertiary/aromatic N) is 2. The van der Waals surface area contributed by atoms with Crippen LogP contribution in [0, 0.1) is 0 Å². The van der Waals surface area contributed by atoms with Gasteiger partial charge < -0.3 is 0 Å². The second-order valence-corrected chi connectivity index (χ2v) is 3.15. The van der Waals surface area contributed by atoms with Gasteiger partial charge in [-0.05, 0) is 12.1 Å². The summed E-state index contributed by atoms with van der Waals surface area (Å²) in [7, 11) is 0. The summed E-state index contributed by atoms with van der Waals surface area (Å²) in [5.41, 5.74) is -0.600. The molecule has 0 unspecified atom stereocenters. The van der Waals surface area contributed by atoms with Gasteiger partial charge in [0.15, 0.2) is 0 Å². The van der Waals surface area contributed by atoms with E-state index in [2.05, 4.69) is 4.98 Å². The van der Waals surface area contributed by atoms with E-state index < -0.39 is 11.9 Å². The Morgan fingerprint density at radius 3 is 2.64 bits per heavy atom. The lowest BCUT2D eigenvalue weighted by Gasteiger charge is -2.05. The zero-order valence-corrected chi connectivity index (χ0v) is 7.47. The molecule has 0 fully saturated rings. The van der Waals surface area contributed by atoms with Crippen LogP contribution in [0.5, 0.6) is 0 Å². The van der Waals surface area contributed by atoms with Crippen molar-refractivity contribution in [3.05, 3.63) is 35.2 Å². The fourth-order valence-electron chi connectivity index (χ4n) is 1.16. The third-order valence-electron chi connectivity index (χ3n) is 1.76. The molecule has 0 saturated carbocycles. The van der Waals surface area contributed by atoms with E-state index in [1.165, 1.54) is 18.3 Å². The molecule has 2 aromatic heterocycles. The number of fused-ring (bicyclic) bond motifs is 1. The average molecular weight is 221 g/mol. The fraction of sp³-hybridized carbons (Fsp3) is 0.125. The second-order valence-electron chi connectivity index (χ2n) is 2.72. The van der Waals surface area contributed by atoms with Crippen LogP contribution in [-0.4, -0.2) is 9.38 Å². The topological polar surface area (TPSA) is 17.3 Å². The Hall–Kier alpha value is -1.23. The van der Waals surface area contributed by atoms with Crippen molar-refractivity contribution >= 4 is 17.2 Å². The lowest BCUT2D eigenvalue weighted by molar-refractivity contribution is -0.141. The average Bonchev–Trinajstić information content (AvgIpc) is 2.45. The van der Waals surface area contributed by atoms with Crippen LogP contribution in [0.2, 0.25) is 5.02 Å². The number of rotatable bonds is 0. The van der Waals surface area contributed by atoms with E-state index in [1.54, 1.807) is 0 Å². The monoisotopic (exact) mass is 220 g/mol. The lowest BCUT2D eigenvalue weighted by Crippen LogP contribution is -2.08. The molecule has 0 saturated heterocycles. The Bertz CT molecular complexity index is 475. The predicted molar refractivity (Wildman–Crippen MR) is 45.2 cm³/mol. The highest BCUT2D eigenvalue weighted by molar-refractivity contribution is 6.30. The van der Waals surface area contributed by atoms with Crippen molar-refractivity contribution in [3.8, 4) is 0 Å². The number of aromatic nitrogens is 2. The second kappa shape index (κ2) is 2.88. The molecule has 6 heteroatoms. The first kappa shape index (κ1) is 9.33. The fourth-order valence-corrected chi connectivity index (χ4v) is 1.32. The molecular formula is C8H4ClF3N2. The van der Waals surface area contributed by atoms with Gasteiger partial charge in [0.25, 0.3) is 0 Å². The smallest absolute Gasteiger partial charge is 0.294 e. The van der Waals surface area contributed by atoms with E-state index in [0.717, 1.165) is 10.6 Å². The molecule has 2 heterocycles. The van der Waals surface area contributed by atoms with Crippen molar-refractivity contribution in [1.82, 2.24) is 9.38 Å². The number of pyridine rings is 1. The summed E-state index contributed by atoms with van der Waals surface area (Å²) in [6.45, 7) is 0. The Labute approximate surface area is 81.9 Å². The highest BCUT2D eigenvalue weighted by atomic mass is 35.5. The number of alkyl halides is 3. The molecular weight excluding hydrogens is 217 g/mol. The maximum atomic E-state index is 12.4. The molecule has 0 radical (unpaired) electrons. The number of imidazole rings is 1. The van der Waals surface area contributed by atoms with Crippen LogP contribution in [0.3, 0.4) is 0 Å². The third-order valence-corrected chi connectivity index (χ3v) is 1.98. The number of halogens is 4. The largest absolute Gasteiger partial charge is 0.433 e. The molecule has 0 aliphatic rings. The van der Waals surface area contributed by atoms with Crippen LogP contribution in [-0.2, 0) is 6.18 Å². The quantitative estimate of drug-likeness (QED) is 0.667. The van der Waals surface area contributed by atoms with Crippen molar-refractivity contribution < 1.29 is 13.2 Å². The molecule has 2 rings (SSSR count). The van der Waals surface area contributed by atoms with Crippen molar-refractivity contribution in [2.45, 2.75) is 6.18 Å². The van der Waals surface area contributed by atoms with Gasteiger partial charge in [0, 0.05) is 6.20 Å². The first-order chi connectivity index (χ1) is 6.48. The molecule has 0 bridgehead atoms. The van der Waals surface area contributed by atoms with Crippen molar-refractivity contribution in [3.63, 3.8) is 0 Å². The van der Waals surface area contributed by atoms with Crippen LogP contribution in [0.4, 0.5) is 13.2 Å². The van der Waals surface area contributed by atoms with Gasteiger partial charge in [-0.1, -0.05) is 11.6 Å². The van der Waals surface area contributed by atoms with Gasteiger partial charge in [-0.15, -0.1) is 0 Å². The molecule has 0 amide bonds. The molecule has 74 valence electrons. The van der Waals surface area contributed by atoms with E-state index in [4.69, 9.17) is 11.6 Å². The summed E-state index contributed by atoms with van der Waals surface area (Å²) in [5.74, 6) is 0. The van der Waals surface area contributed by atoms with E-state index in [9.17, 15) is 13.2 Å². The van der Waals surface area contributed by atoms with Gasteiger partial charge in [-0.25, -0.2) is 4.98 Å². The molecule has 0 atom stereocenters. The molecule has 0 aromatic carbocycles. The minimum Gasteiger partial charge on any atom is -0.294 e. The van der Waals surface area contributed by atoms with Gasteiger partial charge in [0.2, 0.25) is 0 Å². The first-order valence-corrected chi connectivity index (χ1v) is 4.06. The Balaban J connectivity index is 2.73. The molecule has 0 aliphatic heterocycles. The summed E-state index contributed by atoms with van der Waals surface area (Å²) in [6.07, 6.45) is -2.44. The van der Waals surface area contributed by atoms with Crippen molar-refractivity contribution in [2.24, 2.45) is 0 Å². The maximum Gasteiger partial charge on any atom is 0.433 e. The van der Waals surface area contributed by atoms with Crippen LogP contribution in [0.25, 0.3) is 5.65 Å². The Morgan fingerprint density at radius 1 is 1.29 bits per heavy atom. The standard InChI is InChI=1S/C8H4ClF3N2/c9-5-1-2-7-13-3-6(8(10,11)12)14(7)4-5/h1-4H. The lowest BCUT2D eigenvalue weighted by atomic mass is 10.4. The number of hydrogen-bond donors (Lipinski definition) is 0. The zero-order chi connectivity index (χ0) is 10.3. The van der Waals surface area contributed by atoms with Gasteiger partial charge in [0.05, 0.1) is 11.2 Å². The van der Waals surface area contributed by atoms with E-state index in [0.29, 0.717) is 0 Å². The van der Waals surface area contributed by atoms with Crippen LogP contribution >= 0.6 is 11.6 Å². The van der Waals surface area contributed by atoms with E-state index in [1.807, 2.05) is 0 Å². The summed E-state index contributed by atoms with van der Waals surface area (Å²) in [6, 6.07) is 2.92. The van der Waals surface area contributed by atoms with Crippen LogP contribution < -0.4 is 0 Å².